The zero-order valence-electron chi connectivity index (χ0n) is 9.08. The summed E-state index contributed by atoms with van der Waals surface area (Å²) in [5, 5.41) is 0. The second-order valence-corrected chi connectivity index (χ2v) is 4.59. The largest absolute Gasteiger partial charge is 0.458 e. The summed E-state index contributed by atoms with van der Waals surface area (Å²) < 4.78 is 10.6. The van der Waals surface area contributed by atoms with Gasteiger partial charge in [0.2, 0.25) is 0 Å². The molecule has 1 heterocycles. The van der Waals surface area contributed by atoms with E-state index < -0.39 is 11.7 Å². The van der Waals surface area contributed by atoms with E-state index in [-0.39, 0.29) is 12.1 Å². The van der Waals surface area contributed by atoms with Crippen molar-refractivity contribution in [2.75, 3.05) is 6.54 Å². The van der Waals surface area contributed by atoms with E-state index in [1.807, 2.05) is 20.8 Å². The van der Waals surface area contributed by atoms with Crippen molar-refractivity contribution in [3.63, 3.8) is 0 Å². The second kappa shape index (κ2) is 4.28. The third kappa shape index (κ3) is 3.27. The van der Waals surface area contributed by atoms with Crippen molar-refractivity contribution < 1.29 is 14.3 Å². The number of hydrogen-bond donors (Lipinski definition) is 1. The van der Waals surface area contributed by atoms with Gasteiger partial charge in [0, 0.05) is 6.54 Å². The molecule has 14 heavy (non-hydrogen) atoms. The Kier molecular flexibility index (Phi) is 3.50. The highest BCUT2D eigenvalue weighted by Crippen LogP contribution is 2.21. The number of esters is 1. The molecule has 0 radical (unpaired) electrons. The van der Waals surface area contributed by atoms with Crippen molar-refractivity contribution in [1.82, 2.24) is 0 Å². The Balaban J connectivity index is 2.40. The van der Waals surface area contributed by atoms with Crippen LogP contribution in [0.5, 0.6) is 0 Å². The maximum Gasteiger partial charge on any atom is 0.335 e. The minimum Gasteiger partial charge on any atom is -0.458 e. The molecule has 1 rings (SSSR count). The lowest BCUT2D eigenvalue weighted by Gasteiger charge is -2.22. The Hall–Kier alpha value is -0.610. The Labute approximate surface area is 84.7 Å². The molecule has 0 bridgehead atoms. The van der Waals surface area contributed by atoms with Gasteiger partial charge in [0.15, 0.2) is 6.10 Å². The molecule has 1 saturated heterocycles. The van der Waals surface area contributed by atoms with Gasteiger partial charge in [-0.1, -0.05) is 0 Å². The summed E-state index contributed by atoms with van der Waals surface area (Å²) >= 11 is 0. The van der Waals surface area contributed by atoms with Crippen molar-refractivity contribution >= 4 is 5.97 Å². The van der Waals surface area contributed by atoms with Crippen LogP contribution >= 0.6 is 0 Å². The molecule has 0 aliphatic carbocycles. The van der Waals surface area contributed by atoms with E-state index in [1.54, 1.807) is 0 Å². The molecule has 2 unspecified atom stereocenters. The van der Waals surface area contributed by atoms with Gasteiger partial charge in [-0.2, -0.15) is 0 Å². The monoisotopic (exact) mass is 201 g/mol. The highest BCUT2D eigenvalue weighted by atomic mass is 16.6. The van der Waals surface area contributed by atoms with Crippen molar-refractivity contribution in [2.45, 2.75) is 51.4 Å². The van der Waals surface area contributed by atoms with Crippen LogP contribution in [0.25, 0.3) is 0 Å². The third-order valence-electron chi connectivity index (χ3n) is 2.04. The first-order valence-electron chi connectivity index (χ1n) is 5.01. The Morgan fingerprint density at radius 2 is 2.14 bits per heavy atom. The van der Waals surface area contributed by atoms with Gasteiger partial charge < -0.3 is 15.2 Å². The number of carbonyl (C=O) groups is 1. The topological polar surface area (TPSA) is 61.5 Å². The summed E-state index contributed by atoms with van der Waals surface area (Å²) in [6.45, 7) is 6.01. The maximum absolute atomic E-state index is 11.5. The number of ether oxygens (including phenoxy) is 2. The lowest BCUT2D eigenvalue weighted by Crippen LogP contribution is -2.32. The standard InChI is InChI=1S/C10H19NO3/c1-10(2,3)14-9(12)8-5-4-7(6-11)13-8/h7-8H,4-6,11H2,1-3H3. The lowest BCUT2D eigenvalue weighted by atomic mass is 10.1. The molecular formula is C10H19NO3. The number of rotatable bonds is 2. The first kappa shape index (κ1) is 11.5. The average molecular weight is 201 g/mol. The Morgan fingerprint density at radius 3 is 2.57 bits per heavy atom. The van der Waals surface area contributed by atoms with E-state index in [9.17, 15) is 4.79 Å². The highest BCUT2D eigenvalue weighted by molar-refractivity contribution is 5.75. The van der Waals surface area contributed by atoms with Gasteiger partial charge in [-0.05, 0) is 33.6 Å². The number of hydrogen-bond acceptors (Lipinski definition) is 4. The molecule has 2 N–H and O–H groups in total. The summed E-state index contributed by atoms with van der Waals surface area (Å²) in [6, 6.07) is 0. The van der Waals surface area contributed by atoms with Crippen LogP contribution in [-0.2, 0) is 14.3 Å². The zero-order valence-corrected chi connectivity index (χ0v) is 9.08. The first-order valence-corrected chi connectivity index (χ1v) is 5.01. The van der Waals surface area contributed by atoms with E-state index in [4.69, 9.17) is 15.2 Å². The molecule has 0 aromatic heterocycles. The van der Waals surface area contributed by atoms with Crippen LogP contribution in [0.4, 0.5) is 0 Å². The summed E-state index contributed by atoms with van der Waals surface area (Å²) in [5.41, 5.74) is 5.00. The van der Waals surface area contributed by atoms with Crippen LogP contribution in [-0.4, -0.2) is 30.3 Å². The summed E-state index contributed by atoms with van der Waals surface area (Å²) in [5.74, 6) is -0.270. The van der Waals surface area contributed by atoms with Gasteiger partial charge in [-0.3, -0.25) is 0 Å². The van der Waals surface area contributed by atoms with E-state index in [0.717, 1.165) is 12.8 Å². The first-order chi connectivity index (χ1) is 6.42. The summed E-state index contributed by atoms with van der Waals surface area (Å²) in [4.78, 5) is 11.5. The molecule has 0 spiro atoms. The molecule has 0 aromatic carbocycles. The van der Waals surface area contributed by atoms with E-state index in [1.165, 1.54) is 0 Å². The van der Waals surface area contributed by atoms with E-state index in [2.05, 4.69) is 0 Å². The Bertz CT molecular complexity index is 210. The van der Waals surface area contributed by atoms with E-state index in [0.29, 0.717) is 6.54 Å². The van der Waals surface area contributed by atoms with Gasteiger partial charge >= 0.3 is 5.97 Å². The fraction of sp³-hybridized carbons (Fsp3) is 0.900. The number of nitrogens with two attached hydrogens (primary N) is 1. The van der Waals surface area contributed by atoms with Crippen molar-refractivity contribution in [1.29, 1.82) is 0 Å². The molecule has 82 valence electrons. The average Bonchev–Trinajstić information content (AvgIpc) is 2.48. The molecule has 1 aliphatic rings. The minimum absolute atomic E-state index is 0.0209. The lowest BCUT2D eigenvalue weighted by molar-refractivity contribution is -0.167. The maximum atomic E-state index is 11.5. The van der Waals surface area contributed by atoms with E-state index >= 15 is 0 Å². The molecule has 1 fully saturated rings. The second-order valence-electron chi connectivity index (χ2n) is 4.59. The third-order valence-corrected chi connectivity index (χ3v) is 2.04. The van der Waals surface area contributed by atoms with Gasteiger partial charge in [0.25, 0.3) is 0 Å². The zero-order chi connectivity index (χ0) is 10.8. The predicted octanol–water partition coefficient (Wildman–Crippen LogP) is 0.834. The molecule has 4 heteroatoms. The summed E-state index contributed by atoms with van der Waals surface area (Å²) in [6.07, 6.45) is 1.17. The minimum atomic E-state index is -0.443. The van der Waals surface area contributed by atoms with Crippen LogP contribution in [0.2, 0.25) is 0 Å². The van der Waals surface area contributed by atoms with Gasteiger partial charge in [-0.25, -0.2) is 4.79 Å². The quantitative estimate of drug-likeness (QED) is 0.672. The molecule has 0 amide bonds. The molecule has 0 aromatic rings. The van der Waals surface area contributed by atoms with Crippen LogP contribution in [0, 0.1) is 0 Å². The molecule has 2 atom stereocenters. The van der Waals surface area contributed by atoms with Crippen LogP contribution < -0.4 is 5.73 Å². The SMILES string of the molecule is CC(C)(C)OC(=O)C1CCC(CN)O1. The smallest absolute Gasteiger partial charge is 0.335 e. The van der Waals surface area contributed by atoms with Crippen LogP contribution in [0.3, 0.4) is 0 Å². The highest BCUT2D eigenvalue weighted by Gasteiger charge is 2.33. The normalized spacial score (nSPS) is 27.7. The molecule has 4 nitrogen and oxygen atoms in total. The van der Waals surface area contributed by atoms with Crippen molar-refractivity contribution in [2.24, 2.45) is 5.73 Å². The van der Waals surface area contributed by atoms with Crippen molar-refractivity contribution in [3.05, 3.63) is 0 Å². The molecule has 0 saturated carbocycles. The van der Waals surface area contributed by atoms with Gasteiger partial charge in [-0.15, -0.1) is 0 Å². The van der Waals surface area contributed by atoms with Crippen LogP contribution in [0.15, 0.2) is 0 Å². The number of carbonyl (C=O) groups excluding carboxylic acids is 1. The van der Waals surface area contributed by atoms with Crippen molar-refractivity contribution in [3.8, 4) is 0 Å². The summed E-state index contributed by atoms with van der Waals surface area (Å²) in [7, 11) is 0. The predicted molar refractivity (Wildman–Crippen MR) is 52.8 cm³/mol. The molecule has 1 aliphatic heterocycles. The van der Waals surface area contributed by atoms with Gasteiger partial charge in [0.05, 0.1) is 6.10 Å². The fourth-order valence-corrected chi connectivity index (χ4v) is 1.42. The molecular weight excluding hydrogens is 182 g/mol. The fourth-order valence-electron chi connectivity index (χ4n) is 1.42. The van der Waals surface area contributed by atoms with Gasteiger partial charge in [0.1, 0.15) is 5.60 Å². The van der Waals surface area contributed by atoms with Crippen LogP contribution in [0.1, 0.15) is 33.6 Å². The Morgan fingerprint density at radius 1 is 1.50 bits per heavy atom.